The number of sulfonamides is 1. The van der Waals surface area contributed by atoms with Gasteiger partial charge in [-0.15, -0.1) is 0 Å². The topological polar surface area (TPSA) is 255 Å². The van der Waals surface area contributed by atoms with E-state index in [-0.39, 0.29) is 65.8 Å². The highest BCUT2D eigenvalue weighted by atomic mass is 32.2. The van der Waals surface area contributed by atoms with Crippen molar-refractivity contribution in [3.63, 3.8) is 0 Å². The molecule has 23 nitrogen and oxygen atoms in total. The van der Waals surface area contributed by atoms with Gasteiger partial charge in [0, 0.05) is 88.0 Å². The summed E-state index contributed by atoms with van der Waals surface area (Å²) in [4.78, 5) is 56.3. The lowest BCUT2D eigenvalue weighted by molar-refractivity contribution is -0.384. The molecule has 2 aliphatic carbocycles. The van der Waals surface area contributed by atoms with Crippen LogP contribution in [0.5, 0.6) is 17.5 Å². The molecule has 4 aromatic heterocycles. The number of benzene rings is 2. The third-order valence-electron chi connectivity index (χ3n) is 20.3. The van der Waals surface area contributed by atoms with Gasteiger partial charge < -0.3 is 53.8 Å². The molecule has 6 aliphatic heterocycles. The van der Waals surface area contributed by atoms with E-state index < -0.39 is 43.3 Å². The van der Waals surface area contributed by atoms with Crippen molar-refractivity contribution in [2.45, 2.75) is 132 Å². The molecule has 8 aliphatic rings. The normalized spacial score (nSPS) is 26.6. The van der Waals surface area contributed by atoms with Gasteiger partial charge >= 0.3 is 5.69 Å². The highest BCUT2D eigenvalue weighted by Gasteiger charge is 2.51. The fraction of sp³-hybridized carbons (Fsp3) is 0.531. The number of nitrogens with one attached hydrogen (secondary N) is 3. The van der Waals surface area contributed by atoms with E-state index in [1.165, 1.54) is 11.1 Å². The molecular weight excluding hydrogens is 1140 g/mol. The summed E-state index contributed by atoms with van der Waals surface area (Å²) in [6, 6.07) is 21.5. The molecule has 5 atom stereocenters. The molecule has 14 rings (SSSR count). The van der Waals surface area contributed by atoms with Crippen LogP contribution in [0.3, 0.4) is 0 Å². The molecular formula is C64H78N12O11S. The van der Waals surface area contributed by atoms with Gasteiger partial charge in [-0.25, -0.2) is 9.71 Å². The molecule has 10 heterocycles. The Kier molecular flexibility index (Phi) is 15.4. The maximum atomic E-state index is 15.0. The number of aliphatic hydroxyl groups is 1. The summed E-state index contributed by atoms with van der Waals surface area (Å²) in [6.07, 6.45) is 10.6. The number of nitrogens with zero attached hydrogens (tertiary/aromatic N) is 9. The lowest BCUT2D eigenvalue weighted by Gasteiger charge is -2.58. The number of aromatic nitrogens is 4. The number of nitro groups is 1. The van der Waals surface area contributed by atoms with Crippen LogP contribution in [0.2, 0.25) is 0 Å². The Morgan fingerprint density at radius 2 is 1.73 bits per heavy atom. The molecule has 88 heavy (non-hydrogen) atoms. The number of rotatable bonds is 13. The van der Waals surface area contributed by atoms with Crippen LogP contribution in [0.1, 0.15) is 105 Å². The van der Waals surface area contributed by atoms with Crippen LogP contribution in [-0.4, -0.2) is 169 Å². The number of carbonyl (C=O) groups excluding carboxylic acids is 1. The Morgan fingerprint density at radius 3 is 2.51 bits per heavy atom. The van der Waals surface area contributed by atoms with E-state index in [0.717, 1.165) is 106 Å². The van der Waals surface area contributed by atoms with Crippen molar-refractivity contribution in [1.29, 1.82) is 0 Å². The molecule has 2 saturated carbocycles. The van der Waals surface area contributed by atoms with Gasteiger partial charge in [0.2, 0.25) is 11.8 Å². The largest absolute Gasteiger partial charge is 0.493 e. The Morgan fingerprint density at radius 1 is 0.920 bits per heavy atom. The quantitative estimate of drug-likeness (QED) is 0.0630. The average Bonchev–Trinajstić information content (AvgIpc) is 0.963. The van der Waals surface area contributed by atoms with Crippen LogP contribution < -0.4 is 38.9 Å². The number of pyridine rings is 3. The summed E-state index contributed by atoms with van der Waals surface area (Å²) in [6.45, 7) is 14.2. The second-order valence-corrected chi connectivity index (χ2v) is 27.6. The number of aromatic amines is 1. The molecule has 0 bridgehead atoms. The number of piperazine rings is 1. The first kappa shape index (κ1) is 58.3. The second kappa shape index (κ2) is 23.2. The van der Waals surface area contributed by atoms with E-state index in [9.17, 15) is 28.4 Å². The van der Waals surface area contributed by atoms with Crippen LogP contribution in [0.15, 0.2) is 84.1 Å². The predicted octanol–water partition coefficient (Wildman–Crippen LogP) is 8.03. The molecule has 6 aromatic rings. The Labute approximate surface area is 512 Å². The van der Waals surface area contributed by atoms with Crippen molar-refractivity contribution in [1.82, 2.24) is 34.5 Å². The zero-order valence-electron chi connectivity index (χ0n) is 50.4. The van der Waals surface area contributed by atoms with Crippen molar-refractivity contribution in [2.75, 3.05) is 99.4 Å². The summed E-state index contributed by atoms with van der Waals surface area (Å²) in [5.41, 5.74) is 5.27. The first-order chi connectivity index (χ1) is 42.5. The van der Waals surface area contributed by atoms with Crippen LogP contribution in [0.25, 0.3) is 11.0 Å². The number of aryl methyl sites for hydroxylation is 1. The van der Waals surface area contributed by atoms with Crippen molar-refractivity contribution in [2.24, 2.45) is 11.3 Å². The predicted molar refractivity (Wildman–Crippen MR) is 331 cm³/mol. The summed E-state index contributed by atoms with van der Waals surface area (Å²) < 4.78 is 61.4. The summed E-state index contributed by atoms with van der Waals surface area (Å²) in [7, 11) is -3.13. The molecule has 1 amide bonds. The average molecular weight is 1220 g/mol. The van der Waals surface area contributed by atoms with E-state index in [1.807, 2.05) is 30.5 Å². The molecule has 4 saturated heterocycles. The smallest absolute Gasteiger partial charge is 0.300 e. The molecule has 24 heteroatoms. The summed E-state index contributed by atoms with van der Waals surface area (Å²) in [5.74, 6) is 0.868. The van der Waals surface area contributed by atoms with E-state index in [1.54, 1.807) is 26.3 Å². The van der Waals surface area contributed by atoms with Crippen LogP contribution in [-0.2, 0) is 26.0 Å². The van der Waals surface area contributed by atoms with Gasteiger partial charge in [0.25, 0.3) is 15.9 Å². The molecule has 6 fully saturated rings. The number of ether oxygens (including phenoxy) is 5. The van der Waals surface area contributed by atoms with E-state index in [2.05, 4.69) is 88.7 Å². The number of H-pyrrole nitrogens is 1. The number of fused-ring (bicyclic) bond motifs is 4. The molecule has 2 aromatic carbocycles. The van der Waals surface area contributed by atoms with Crippen molar-refractivity contribution >= 4 is 61.2 Å². The third-order valence-corrected chi connectivity index (χ3v) is 21.6. The Hall–Kier alpha value is -7.35. The second-order valence-electron chi connectivity index (χ2n) is 26.0. The number of piperidine rings is 1. The highest BCUT2D eigenvalue weighted by Crippen LogP contribution is 2.54. The first-order valence-electron chi connectivity index (χ1n) is 31.2. The summed E-state index contributed by atoms with van der Waals surface area (Å²) in [5, 5.41) is 26.5. The van der Waals surface area contributed by atoms with Gasteiger partial charge in [0.15, 0.2) is 22.3 Å². The maximum Gasteiger partial charge on any atom is 0.300 e. The SMILES string of the molecule is COc1cc(CN2CCN(C3CC4(CCN(c5ccc(C(=O)NS(=O)(=O)c6cc([N+](=O)[O-])c7c(n6)OC[C@H](C6CCC(C)(O)CC6)N7)c(N6c7cc8cc[nH]c8nc7O[C@H]7COCC[C@@H]76)c5)CC4)C3)[C@H](c3ccccc3C)C2)cnc1N1CCOC[C@H]1C. The standard InChI is InChI=1S/C64H78N12O11S/c1-39-7-5-6-8-46(39)53-35-71(34-41-27-54(83-4)59(66-33-41)73-24-26-85-36-40(73)2)22-23-74(53)45-31-64(32-45)17-20-72(21-18-64)44-9-10-47(50(29-44)75-49-14-25-84-38-55(49)87-61-52(75)28-43-13-19-65-58(43)69-61)60(77)70-88(81,82)56-30-51(76(79)80)57-62(68-56)86-37-48(67-57)42-11-15-63(3,78)16-12-42/h5-10,13,19,27-30,33,40,42,45,48-49,53,55,67,78H,11-12,14-18,20-26,31-32,34-38H2,1-4H3,(H,65,69)(H,70,77)/t40-,42?,48-,49+,53+,55+,63?/m1/s1. The number of amides is 1. The van der Waals surface area contributed by atoms with E-state index in [0.29, 0.717) is 80.9 Å². The fourth-order valence-corrected chi connectivity index (χ4v) is 16.3. The zero-order chi connectivity index (χ0) is 60.6. The van der Waals surface area contributed by atoms with Crippen molar-refractivity contribution in [3.8, 4) is 17.5 Å². The lowest BCUT2D eigenvalue weighted by atomic mass is 9.59. The fourth-order valence-electron chi connectivity index (χ4n) is 15.3. The Bertz CT molecular complexity index is 3750. The molecule has 466 valence electrons. The third kappa shape index (κ3) is 11.1. The van der Waals surface area contributed by atoms with Crippen molar-refractivity contribution in [3.05, 3.63) is 111 Å². The van der Waals surface area contributed by atoms with Crippen LogP contribution in [0.4, 0.5) is 34.3 Å². The monoisotopic (exact) mass is 1220 g/mol. The molecule has 0 unspecified atom stereocenters. The van der Waals surface area contributed by atoms with Crippen LogP contribution in [0, 0.1) is 28.4 Å². The van der Waals surface area contributed by atoms with Gasteiger partial charge in [-0.1, -0.05) is 24.3 Å². The van der Waals surface area contributed by atoms with Crippen LogP contribution >= 0.6 is 0 Å². The van der Waals surface area contributed by atoms with Gasteiger partial charge in [-0.3, -0.25) is 24.7 Å². The maximum absolute atomic E-state index is 15.0. The minimum atomic E-state index is -4.85. The summed E-state index contributed by atoms with van der Waals surface area (Å²) >= 11 is 0. The highest BCUT2D eigenvalue weighted by molar-refractivity contribution is 7.90. The number of carbonyl (C=O) groups is 1. The van der Waals surface area contributed by atoms with Gasteiger partial charge in [0.1, 0.15) is 24.0 Å². The number of hydrogen-bond donors (Lipinski definition) is 4. The van der Waals surface area contributed by atoms with E-state index >= 15 is 0 Å². The Balaban J connectivity index is 0.709. The first-order valence-corrected chi connectivity index (χ1v) is 32.7. The minimum absolute atomic E-state index is 0.0291. The molecule has 0 radical (unpaired) electrons. The number of methoxy groups -OCH3 is 1. The zero-order valence-corrected chi connectivity index (χ0v) is 51.2. The molecule has 1 spiro atoms. The number of anilines is 5. The van der Waals surface area contributed by atoms with Gasteiger partial charge in [0.05, 0.1) is 72.9 Å². The lowest BCUT2D eigenvalue weighted by Crippen LogP contribution is -2.59. The number of morpholine rings is 1. The molecule has 4 N–H and O–H groups in total. The van der Waals surface area contributed by atoms with Gasteiger partial charge in [-0.05, 0) is 143 Å². The van der Waals surface area contributed by atoms with E-state index in [4.69, 9.17) is 33.7 Å². The van der Waals surface area contributed by atoms with Crippen molar-refractivity contribution < 1.29 is 46.9 Å². The number of hydrogen-bond acceptors (Lipinski definition) is 20. The minimum Gasteiger partial charge on any atom is -0.493 e. The van der Waals surface area contributed by atoms with Gasteiger partial charge in [-0.2, -0.15) is 18.4 Å².